The third-order valence-corrected chi connectivity index (χ3v) is 9.16. The van der Waals surface area contributed by atoms with Gasteiger partial charge in [-0.25, -0.2) is 4.79 Å². The molecule has 2 rings (SSSR count). The van der Waals surface area contributed by atoms with E-state index in [1.54, 1.807) is 0 Å². The van der Waals surface area contributed by atoms with Crippen LogP contribution in [0.4, 0.5) is 0 Å². The molecular weight excluding hydrogens is 650 g/mol. The normalized spacial score (nSPS) is 31.7. The molecule has 0 aromatic carbocycles. The lowest BCUT2D eigenvalue weighted by Gasteiger charge is -2.46. The van der Waals surface area contributed by atoms with Crippen LogP contribution >= 0.6 is 0 Å². The van der Waals surface area contributed by atoms with Crippen LogP contribution in [0.3, 0.4) is 0 Å². The van der Waals surface area contributed by atoms with Gasteiger partial charge in [0.25, 0.3) is 0 Å². The number of rotatable bonds is 25. The van der Waals surface area contributed by atoms with Crippen LogP contribution in [0.1, 0.15) is 103 Å². The summed E-state index contributed by atoms with van der Waals surface area (Å²) >= 11 is 0. The molecule has 16 nitrogen and oxygen atoms in total. The van der Waals surface area contributed by atoms with Gasteiger partial charge in [0.15, 0.2) is 12.6 Å². The first-order valence-electron chi connectivity index (χ1n) is 17.8. The molecule has 0 spiro atoms. The van der Waals surface area contributed by atoms with Gasteiger partial charge in [0, 0.05) is 6.42 Å². The van der Waals surface area contributed by atoms with Gasteiger partial charge in [-0.15, -0.1) is 0 Å². The van der Waals surface area contributed by atoms with Gasteiger partial charge in [0.05, 0.1) is 25.9 Å². The summed E-state index contributed by atoms with van der Waals surface area (Å²) in [5.41, 5.74) is 0. The van der Waals surface area contributed by atoms with Crippen molar-refractivity contribution in [3.05, 3.63) is 0 Å². The molecule has 2 fully saturated rings. The Kier molecular flexibility index (Phi) is 21.2. The molecule has 16 heteroatoms. The SMILES string of the molecule is CC(CCCCCCCCCCCCCCCC(=O)N[C@@H](CO)C(=O)O)O[C@@H]1O[C@H](CO)[C@@H](O)[C@H](O)[C@H]1O[C@@H]1O[C@H](CO)[C@@H](O)[C@H](O)[C@H]1O. The predicted octanol–water partition coefficient (Wildman–Crippen LogP) is -0.571. The van der Waals surface area contributed by atoms with Gasteiger partial charge in [0.1, 0.15) is 54.9 Å². The minimum atomic E-state index is -1.73. The highest BCUT2D eigenvalue weighted by atomic mass is 16.8. The molecule has 2 aliphatic heterocycles. The van der Waals surface area contributed by atoms with Crippen molar-refractivity contribution in [1.29, 1.82) is 0 Å². The summed E-state index contributed by atoms with van der Waals surface area (Å²) in [4.78, 5) is 22.6. The fourth-order valence-corrected chi connectivity index (χ4v) is 6.06. The fourth-order valence-electron chi connectivity index (χ4n) is 6.06. The summed E-state index contributed by atoms with van der Waals surface area (Å²) in [7, 11) is 0. The Hall–Kier alpha value is -1.54. The Balaban J connectivity index is 1.58. The summed E-state index contributed by atoms with van der Waals surface area (Å²) in [6.07, 6.45) is -0.547. The summed E-state index contributed by atoms with van der Waals surface area (Å²) < 4.78 is 22.8. The van der Waals surface area contributed by atoms with Crippen molar-refractivity contribution in [3.63, 3.8) is 0 Å². The Morgan fingerprint density at radius 2 is 1.12 bits per heavy atom. The highest BCUT2D eigenvalue weighted by Gasteiger charge is 2.51. The molecular formula is C33H61NO15. The lowest BCUT2D eigenvalue weighted by molar-refractivity contribution is -0.371. The maximum atomic E-state index is 11.7. The summed E-state index contributed by atoms with van der Waals surface area (Å²) in [5.74, 6) is -1.60. The molecule has 10 N–H and O–H groups in total. The molecule has 1 amide bonds. The molecule has 2 aliphatic rings. The van der Waals surface area contributed by atoms with Crippen LogP contribution < -0.4 is 5.32 Å². The van der Waals surface area contributed by atoms with Crippen molar-refractivity contribution in [2.24, 2.45) is 0 Å². The molecule has 0 aromatic heterocycles. The van der Waals surface area contributed by atoms with Crippen molar-refractivity contribution >= 4 is 11.9 Å². The van der Waals surface area contributed by atoms with Crippen LogP contribution in [-0.4, -0.2) is 151 Å². The average Bonchev–Trinajstić information content (AvgIpc) is 3.08. The van der Waals surface area contributed by atoms with Crippen LogP contribution in [-0.2, 0) is 28.5 Å². The van der Waals surface area contributed by atoms with E-state index in [0.717, 1.165) is 57.8 Å². The van der Waals surface area contributed by atoms with Gasteiger partial charge in [-0.2, -0.15) is 0 Å². The zero-order valence-corrected chi connectivity index (χ0v) is 28.6. The highest BCUT2D eigenvalue weighted by molar-refractivity contribution is 5.83. The minimum Gasteiger partial charge on any atom is -0.480 e. The third kappa shape index (κ3) is 14.9. The van der Waals surface area contributed by atoms with E-state index in [1.807, 2.05) is 6.92 Å². The van der Waals surface area contributed by atoms with Crippen LogP contribution in [0.15, 0.2) is 0 Å². The Bertz CT molecular complexity index is 913. The number of aliphatic carboxylic acids is 1. The topological polar surface area (TPSA) is 265 Å². The first kappa shape index (κ1) is 43.6. The van der Waals surface area contributed by atoms with Gasteiger partial charge in [-0.05, 0) is 19.8 Å². The molecule has 1 unspecified atom stereocenters. The Labute approximate surface area is 288 Å². The van der Waals surface area contributed by atoms with E-state index in [1.165, 1.54) is 19.3 Å². The largest absolute Gasteiger partial charge is 0.480 e. The maximum absolute atomic E-state index is 11.7. The Morgan fingerprint density at radius 1 is 0.653 bits per heavy atom. The zero-order chi connectivity index (χ0) is 36.3. The third-order valence-electron chi connectivity index (χ3n) is 9.16. The number of carbonyl (C=O) groups excluding carboxylic acids is 1. The Morgan fingerprint density at radius 3 is 1.61 bits per heavy atom. The van der Waals surface area contributed by atoms with E-state index >= 15 is 0 Å². The molecule has 0 saturated carbocycles. The molecule has 2 saturated heterocycles. The molecule has 2 heterocycles. The number of aliphatic hydroxyl groups is 8. The van der Waals surface area contributed by atoms with Gasteiger partial charge in [-0.1, -0.05) is 77.0 Å². The van der Waals surface area contributed by atoms with Crippen LogP contribution in [0.5, 0.6) is 0 Å². The number of aliphatic hydroxyl groups excluding tert-OH is 8. The smallest absolute Gasteiger partial charge is 0.328 e. The second-order valence-corrected chi connectivity index (χ2v) is 13.2. The number of amides is 1. The molecule has 49 heavy (non-hydrogen) atoms. The van der Waals surface area contributed by atoms with Crippen molar-refractivity contribution in [1.82, 2.24) is 5.32 Å². The average molecular weight is 712 g/mol. The number of hydrogen-bond donors (Lipinski definition) is 10. The number of ether oxygens (including phenoxy) is 4. The van der Waals surface area contributed by atoms with Crippen molar-refractivity contribution in [2.75, 3.05) is 19.8 Å². The summed E-state index contributed by atoms with van der Waals surface area (Å²) in [6, 6.07) is -1.25. The van der Waals surface area contributed by atoms with Crippen LogP contribution in [0.2, 0.25) is 0 Å². The molecule has 0 bridgehead atoms. The molecule has 12 atom stereocenters. The lowest BCUT2D eigenvalue weighted by Crippen LogP contribution is -2.64. The monoisotopic (exact) mass is 711 g/mol. The van der Waals surface area contributed by atoms with E-state index in [-0.39, 0.29) is 18.4 Å². The van der Waals surface area contributed by atoms with Gasteiger partial charge in [-0.3, -0.25) is 4.79 Å². The second-order valence-electron chi connectivity index (χ2n) is 13.2. The van der Waals surface area contributed by atoms with Crippen molar-refractivity contribution in [3.8, 4) is 0 Å². The molecule has 288 valence electrons. The van der Waals surface area contributed by atoms with E-state index in [0.29, 0.717) is 12.8 Å². The van der Waals surface area contributed by atoms with Crippen LogP contribution in [0, 0.1) is 0 Å². The first-order chi connectivity index (χ1) is 23.4. The van der Waals surface area contributed by atoms with E-state index in [2.05, 4.69) is 5.32 Å². The lowest BCUT2D eigenvalue weighted by atomic mass is 9.97. The summed E-state index contributed by atoms with van der Waals surface area (Å²) in [5, 5.41) is 90.9. The maximum Gasteiger partial charge on any atom is 0.328 e. The highest BCUT2D eigenvalue weighted by Crippen LogP contribution is 2.30. The number of nitrogens with one attached hydrogen (secondary N) is 1. The minimum absolute atomic E-state index is 0.259. The van der Waals surface area contributed by atoms with Crippen molar-refractivity contribution in [2.45, 2.75) is 177 Å². The molecule has 0 aliphatic carbocycles. The quantitative estimate of drug-likeness (QED) is 0.0532. The fraction of sp³-hybridized carbons (Fsp3) is 0.939. The number of carbonyl (C=O) groups is 2. The van der Waals surface area contributed by atoms with Gasteiger partial charge in [0.2, 0.25) is 5.91 Å². The zero-order valence-electron chi connectivity index (χ0n) is 28.6. The van der Waals surface area contributed by atoms with Crippen LogP contribution in [0.25, 0.3) is 0 Å². The number of unbranched alkanes of at least 4 members (excludes halogenated alkanes) is 12. The number of carboxylic acids is 1. The number of hydrogen-bond acceptors (Lipinski definition) is 14. The summed E-state index contributed by atoms with van der Waals surface area (Å²) in [6.45, 7) is -0.0545. The molecule has 0 aromatic rings. The number of carboxylic acid groups (broad SMARTS) is 1. The van der Waals surface area contributed by atoms with E-state index < -0.39 is 93.2 Å². The van der Waals surface area contributed by atoms with E-state index in [9.17, 15) is 45.3 Å². The van der Waals surface area contributed by atoms with Crippen molar-refractivity contribution < 1.29 is 74.5 Å². The van der Waals surface area contributed by atoms with Gasteiger partial charge < -0.3 is 70.2 Å². The second kappa shape index (κ2) is 23.8. The van der Waals surface area contributed by atoms with E-state index in [4.69, 9.17) is 29.2 Å². The predicted molar refractivity (Wildman–Crippen MR) is 173 cm³/mol. The standard InChI is InChI=1S/C33H61NO15/c1-20(15-13-11-9-7-5-3-2-4-6-8-10-12-14-16-24(38)34-21(17-35)31(44)45)46-33-30(28(42)26(40)23(19-37)48-33)49-32-29(43)27(41)25(39)22(18-36)47-32/h20-23,25-30,32-33,35-37,39-43H,2-19H2,1H3,(H,34,38)(H,44,45)/t20?,21-,22+,23+,25+,26+,27-,28-,29+,30+,32-,33+/m0/s1. The first-order valence-corrected chi connectivity index (χ1v) is 17.8. The van der Waals surface area contributed by atoms with Gasteiger partial charge >= 0.3 is 5.97 Å². The molecule has 0 radical (unpaired) electrons.